The summed E-state index contributed by atoms with van der Waals surface area (Å²) in [6.07, 6.45) is 2.70. The molecule has 0 aliphatic rings. The molecule has 1 aromatic heterocycles. The van der Waals surface area contributed by atoms with Crippen LogP contribution in [0.15, 0.2) is 10.8 Å². The zero-order valence-corrected chi connectivity index (χ0v) is 13.2. The Morgan fingerprint density at radius 3 is 2.50 bits per heavy atom. The van der Waals surface area contributed by atoms with E-state index in [2.05, 4.69) is 62.0 Å². The van der Waals surface area contributed by atoms with Gasteiger partial charge in [-0.25, -0.2) is 9.97 Å². The highest BCUT2D eigenvalue weighted by atomic mass is 79.9. The lowest BCUT2D eigenvalue weighted by molar-refractivity contribution is 0.412. The first-order valence-corrected chi connectivity index (χ1v) is 6.97. The number of aromatic nitrogens is 2. The number of anilines is 2. The Morgan fingerprint density at radius 2 is 1.94 bits per heavy atom. The number of hydrogen-bond donors (Lipinski definition) is 1. The van der Waals surface area contributed by atoms with Crippen molar-refractivity contribution in [1.82, 2.24) is 14.9 Å². The second kappa shape index (κ2) is 7.53. The van der Waals surface area contributed by atoms with Crippen molar-refractivity contribution in [2.45, 2.75) is 13.3 Å². The van der Waals surface area contributed by atoms with Crippen molar-refractivity contribution in [3.8, 4) is 0 Å². The molecule has 6 heteroatoms. The van der Waals surface area contributed by atoms with Gasteiger partial charge in [-0.3, -0.25) is 0 Å². The summed E-state index contributed by atoms with van der Waals surface area (Å²) in [6, 6.07) is 0. The maximum Gasteiger partial charge on any atom is 0.148 e. The predicted molar refractivity (Wildman–Crippen MR) is 80.3 cm³/mol. The molecule has 0 aromatic carbocycles. The highest BCUT2D eigenvalue weighted by Crippen LogP contribution is 2.29. The minimum absolute atomic E-state index is 0.825. The minimum Gasteiger partial charge on any atom is -0.372 e. The van der Waals surface area contributed by atoms with E-state index in [0.29, 0.717) is 0 Å². The Morgan fingerprint density at radius 1 is 1.22 bits per heavy atom. The van der Waals surface area contributed by atoms with Crippen LogP contribution in [0.3, 0.4) is 0 Å². The normalized spacial score (nSPS) is 10.8. The Labute approximate surface area is 118 Å². The fraction of sp³-hybridized carbons (Fsp3) is 0.667. The van der Waals surface area contributed by atoms with E-state index in [1.54, 1.807) is 6.33 Å². The molecule has 0 fully saturated rings. The van der Waals surface area contributed by atoms with Crippen LogP contribution in [0.5, 0.6) is 0 Å². The van der Waals surface area contributed by atoms with Gasteiger partial charge in [-0.05, 0) is 36.4 Å². The standard InChI is InChI=1S/C12H22BrN5/c1-5-6-18(8-7-17(3)4)12-10(13)11(14-2)15-9-16-12/h9H,5-8H2,1-4H3,(H,14,15,16). The quantitative estimate of drug-likeness (QED) is 0.834. The molecule has 0 spiro atoms. The van der Waals surface area contributed by atoms with E-state index in [-0.39, 0.29) is 0 Å². The largest absolute Gasteiger partial charge is 0.372 e. The van der Waals surface area contributed by atoms with Crippen molar-refractivity contribution in [2.24, 2.45) is 0 Å². The average molecular weight is 316 g/mol. The fourth-order valence-electron chi connectivity index (χ4n) is 1.67. The molecule has 0 amide bonds. The van der Waals surface area contributed by atoms with E-state index in [1.807, 2.05) is 7.05 Å². The lowest BCUT2D eigenvalue weighted by Gasteiger charge is -2.26. The van der Waals surface area contributed by atoms with E-state index >= 15 is 0 Å². The molecule has 0 saturated heterocycles. The van der Waals surface area contributed by atoms with E-state index in [9.17, 15) is 0 Å². The Bertz CT molecular complexity index is 369. The summed E-state index contributed by atoms with van der Waals surface area (Å²) in [5.74, 6) is 1.78. The van der Waals surface area contributed by atoms with E-state index < -0.39 is 0 Å². The molecule has 0 aliphatic carbocycles. The fourth-order valence-corrected chi connectivity index (χ4v) is 2.32. The first kappa shape index (κ1) is 15.2. The lowest BCUT2D eigenvalue weighted by Crippen LogP contribution is -2.33. The topological polar surface area (TPSA) is 44.3 Å². The molecule has 0 saturated carbocycles. The van der Waals surface area contributed by atoms with Crippen LogP contribution in [0.4, 0.5) is 11.6 Å². The highest BCUT2D eigenvalue weighted by Gasteiger charge is 2.14. The van der Waals surface area contributed by atoms with Crippen LogP contribution in [0.25, 0.3) is 0 Å². The Hall–Kier alpha value is -0.880. The van der Waals surface area contributed by atoms with Crippen molar-refractivity contribution in [3.63, 3.8) is 0 Å². The van der Waals surface area contributed by atoms with Crippen LogP contribution in [0, 0.1) is 0 Å². The molecule has 0 unspecified atom stereocenters. The number of nitrogens with zero attached hydrogens (tertiary/aromatic N) is 4. The number of nitrogens with one attached hydrogen (secondary N) is 1. The lowest BCUT2D eigenvalue weighted by atomic mass is 10.3. The van der Waals surface area contributed by atoms with Gasteiger partial charge in [0.25, 0.3) is 0 Å². The van der Waals surface area contributed by atoms with Gasteiger partial charge in [-0.2, -0.15) is 0 Å². The third-order valence-electron chi connectivity index (χ3n) is 2.62. The van der Waals surface area contributed by atoms with Gasteiger partial charge >= 0.3 is 0 Å². The summed E-state index contributed by atoms with van der Waals surface area (Å²) in [5, 5.41) is 3.06. The summed E-state index contributed by atoms with van der Waals surface area (Å²) in [4.78, 5) is 13.0. The number of hydrogen-bond acceptors (Lipinski definition) is 5. The first-order chi connectivity index (χ1) is 8.60. The van der Waals surface area contributed by atoms with Crippen LogP contribution in [-0.2, 0) is 0 Å². The van der Waals surface area contributed by atoms with Gasteiger partial charge in [-0.1, -0.05) is 6.92 Å². The number of rotatable bonds is 7. The van der Waals surface area contributed by atoms with Crippen molar-refractivity contribution >= 4 is 27.6 Å². The van der Waals surface area contributed by atoms with E-state index in [0.717, 1.165) is 42.2 Å². The second-order valence-corrected chi connectivity index (χ2v) is 5.19. The predicted octanol–water partition coefficient (Wildman–Crippen LogP) is 2.06. The van der Waals surface area contributed by atoms with Gasteiger partial charge < -0.3 is 15.1 Å². The monoisotopic (exact) mass is 315 g/mol. The first-order valence-electron chi connectivity index (χ1n) is 6.18. The molecule has 0 bridgehead atoms. The van der Waals surface area contributed by atoms with Gasteiger partial charge in [0.05, 0.1) is 0 Å². The molecule has 1 N–H and O–H groups in total. The zero-order chi connectivity index (χ0) is 13.5. The van der Waals surface area contributed by atoms with Crippen LogP contribution in [0.2, 0.25) is 0 Å². The molecule has 0 atom stereocenters. The van der Waals surface area contributed by atoms with Gasteiger partial charge in [0.2, 0.25) is 0 Å². The van der Waals surface area contributed by atoms with Crippen LogP contribution in [-0.4, -0.2) is 55.6 Å². The van der Waals surface area contributed by atoms with Crippen LogP contribution < -0.4 is 10.2 Å². The zero-order valence-electron chi connectivity index (χ0n) is 11.6. The third kappa shape index (κ3) is 4.10. The molecule has 0 aliphatic heterocycles. The SMILES string of the molecule is CCCN(CCN(C)C)c1ncnc(NC)c1Br. The number of halogens is 1. The average Bonchev–Trinajstić information content (AvgIpc) is 2.35. The summed E-state index contributed by atoms with van der Waals surface area (Å²) >= 11 is 3.58. The highest BCUT2D eigenvalue weighted by molar-refractivity contribution is 9.10. The van der Waals surface area contributed by atoms with Crippen molar-refractivity contribution in [2.75, 3.05) is 51.0 Å². The van der Waals surface area contributed by atoms with Gasteiger partial charge in [0, 0.05) is 26.7 Å². The van der Waals surface area contributed by atoms with Crippen molar-refractivity contribution in [1.29, 1.82) is 0 Å². The summed E-state index contributed by atoms with van der Waals surface area (Å²) in [7, 11) is 6.03. The minimum atomic E-state index is 0.825. The molecule has 18 heavy (non-hydrogen) atoms. The maximum atomic E-state index is 4.39. The van der Waals surface area contributed by atoms with Crippen LogP contribution >= 0.6 is 15.9 Å². The Kier molecular flexibility index (Phi) is 6.35. The van der Waals surface area contributed by atoms with Crippen molar-refractivity contribution < 1.29 is 0 Å². The van der Waals surface area contributed by atoms with Gasteiger partial charge in [-0.15, -0.1) is 0 Å². The third-order valence-corrected chi connectivity index (χ3v) is 3.35. The molecule has 1 aromatic rings. The van der Waals surface area contributed by atoms with E-state index in [4.69, 9.17) is 0 Å². The molecule has 5 nitrogen and oxygen atoms in total. The summed E-state index contributed by atoms with van der Waals surface area (Å²) in [5.41, 5.74) is 0. The van der Waals surface area contributed by atoms with E-state index in [1.165, 1.54) is 0 Å². The molecule has 102 valence electrons. The molecule has 1 heterocycles. The van der Waals surface area contributed by atoms with Crippen LogP contribution in [0.1, 0.15) is 13.3 Å². The number of likely N-dealkylation sites (N-methyl/N-ethyl adjacent to an activating group) is 1. The van der Waals surface area contributed by atoms with Crippen molar-refractivity contribution in [3.05, 3.63) is 10.8 Å². The smallest absolute Gasteiger partial charge is 0.148 e. The summed E-state index contributed by atoms with van der Waals surface area (Å²) in [6.45, 7) is 5.13. The Balaban J connectivity index is 2.90. The summed E-state index contributed by atoms with van der Waals surface area (Å²) < 4.78 is 0.930. The molecule has 1 rings (SSSR count). The molecular weight excluding hydrogens is 294 g/mol. The van der Waals surface area contributed by atoms with Gasteiger partial charge in [0.1, 0.15) is 22.4 Å². The van der Waals surface area contributed by atoms with Gasteiger partial charge in [0.15, 0.2) is 0 Å². The second-order valence-electron chi connectivity index (χ2n) is 4.40. The maximum absolute atomic E-state index is 4.39. The molecular formula is C12H22BrN5. The molecule has 0 radical (unpaired) electrons.